The molecule has 1 aliphatic rings. The maximum absolute atomic E-state index is 9.53. The normalized spacial score (nSPS) is 16.4. The van der Waals surface area contributed by atoms with Crippen molar-refractivity contribution < 1.29 is 14.3 Å². The third-order valence-corrected chi connectivity index (χ3v) is 12.3. The third-order valence-electron chi connectivity index (χ3n) is 7.34. The quantitative estimate of drug-likeness (QED) is 0.289. The van der Waals surface area contributed by atoms with E-state index in [1.54, 1.807) is 12.1 Å². The molecule has 1 heterocycles. The zero-order valence-corrected chi connectivity index (χ0v) is 24.1. The molecule has 0 spiro atoms. The number of ether oxygens (including phenoxy) is 1. The van der Waals surface area contributed by atoms with E-state index in [2.05, 4.69) is 107 Å². The van der Waals surface area contributed by atoms with Crippen molar-refractivity contribution >= 4 is 24.8 Å². The van der Waals surface area contributed by atoms with Crippen LogP contribution >= 0.6 is 0 Å². The molecule has 3 aromatic carbocycles. The Labute approximate surface area is 229 Å². The lowest BCUT2D eigenvalue weighted by Crippen LogP contribution is -2.66. The number of aromatic hydroxyl groups is 1. The number of phenols is 1. The van der Waals surface area contributed by atoms with Gasteiger partial charge in [0.05, 0.1) is 19.3 Å². The third kappa shape index (κ3) is 6.27. The summed E-state index contributed by atoms with van der Waals surface area (Å²) in [6, 6.07) is 28.8. The van der Waals surface area contributed by atoms with E-state index in [9.17, 15) is 5.11 Å². The molecular weight excluding hydrogens is 484 g/mol. The Kier molecular flexibility index (Phi) is 8.88. The molecule has 0 saturated carbocycles. The van der Waals surface area contributed by atoms with Crippen LogP contribution < -0.4 is 10.4 Å². The highest BCUT2D eigenvalue weighted by Crippen LogP contribution is 2.37. The molecule has 0 aromatic heterocycles. The van der Waals surface area contributed by atoms with Crippen LogP contribution in [0.3, 0.4) is 0 Å². The van der Waals surface area contributed by atoms with Crippen LogP contribution in [0.2, 0.25) is 5.04 Å². The molecule has 1 unspecified atom stereocenters. The first-order valence-electron chi connectivity index (χ1n) is 13.4. The van der Waals surface area contributed by atoms with Gasteiger partial charge in [-0.05, 0) is 64.0 Å². The molecule has 0 aliphatic carbocycles. The Balaban J connectivity index is 1.50. The predicted octanol–water partition coefficient (Wildman–Crippen LogP) is 7.03. The van der Waals surface area contributed by atoms with E-state index in [1.165, 1.54) is 21.5 Å². The van der Waals surface area contributed by atoms with Crippen molar-refractivity contribution in [1.82, 2.24) is 0 Å². The van der Waals surface area contributed by atoms with Crippen LogP contribution in [-0.2, 0) is 9.16 Å². The van der Waals surface area contributed by atoms with Crippen molar-refractivity contribution in [3.05, 3.63) is 120 Å². The predicted molar refractivity (Wildman–Crippen MR) is 162 cm³/mol. The Hall–Kier alpha value is -3.18. The molecule has 38 heavy (non-hydrogen) atoms. The molecule has 0 fully saturated rings. The van der Waals surface area contributed by atoms with Gasteiger partial charge in [0.1, 0.15) is 5.75 Å². The zero-order chi connectivity index (χ0) is 27.2. The van der Waals surface area contributed by atoms with Gasteiger partial charge in [0.25, 0.3) is 8.32 Å². The Bertz CT molecular complexity index is 1230. The summed E-state index contributed by atoms with van der Waals surface area (Å²) in [5.74, 6) is 0.285. The van der Waals surface area contributed by atoms with Crippen molar-refractivity contribution in [1.29, 1.82) is 0 Å². The first-order valence-corrected chi connectivity index (χ1v) is 15.3. The summed E-state index contributed by atoms with van der Waals surface area (Å²) < 4.78 is 13.2. The Morgan fingerprint density at radius 3 is 2.11 bits per heavy atom. The second-order valence-electron chi connectivity index (χ2n) is 11.2. The fourth-order valence-electron chi connectivity index (χ4n) is 5.41. The first kappa shape index (κ1) is 27.8. The molecule has 1 atom stereocenters. The van der Waals surface area contributed by atoms with Crippen LogP contribution in [0.15, 0.2) is 114 Å². The number of benzene rings is 3. The maximum atomic E-state index is 9.53. The standard InChI is InChI=1S/C34H40O3Si/c1-26(24-28-17-19-29(35)20-18-28)16-21-33-32(22-23-36-33)27(2)25-37-38(34(3,4)5,30-12-8-6-9-13-30)31-14-10-7-11-15-31/h6-15,17-20,22,24,33,35H,2,16,21,23,25H2,1,3-5H3/b26-24+. The van der Waals surface area contributed by atoms with Crippen LogP contribution in [0, 0.1) is 0 Å². The van der Waals surface area contributed by atoms with Crippen molar-refractivity contribution in [2.75, 3.05) is 13.2 Å². The van der Waals surface area contributed by atoms with Gasteiger partial charge in [-0.1, -0.05) is 118 Å². The van der Waals surface area contributed by atoms with Gasteiger partial charge in [-0.2, -0.15) is 0 Å². The van der Waals surface area contributed by atoms with Crippen LogP contribution in [0.4, 0.5) is 0 Å². The number of phenolic OH excluding ortho intramolecular Hbond substituents is 1. The van der Waals surface area contributed by atoms with Crippen LogP contribution in [0.5, 0.6) is 5.75 Å². The minimum Gasteiger partial charge on any atom is -0.508 e. The van der Waals surface area contributed by atoms with Gasteiger partial charge in [0, 0.05) is 0 Å². The highest BCUT2D eigenvalue weighted by atomic mass is 28.4. The van der Waals surface area contributed by atoms with Gasteiger partial charge in [-0.3, -0.25) is 0 Å². The molecule has 0 bridgehead atoms. The molecule has 0 amide bonds. The van der Waals surface area contributed by atoms with Gasteiger partial charge >= 0.3 is 0 Å². The maximum Gasteiger partial charge on any atom is 0.261 e. The van der Waals surface area contributed by atoms with Gasteiger partial charge in [0.15, 0.2) is 0 Å². The van der Waals surface area contributed by atoms with E-state index >= 15 is 0 Å². The summed E-state index contributed by atoms with van der Waals surface area (Å²) in [5, 5.41) is 12.0. The lowest BCUT2D eigenvalue weighted by Gasteiger charge is -2.43. The second kappa shape index (κ2) is 12.1. The number of rotatable bonds is 10. The van der Waals surface area contributed by atoms with Gasteiger partial charge < -0.3 is 14.3 Å². The lowest BCUT2D eigenvalue weighted by atomic mass is 9.97. The van der Waals surface area contributed by atoms with E-state index in [1.807, 2.05) is 12.1 Å². The molecular formula is C34H40O3Si. The average Bonchev–Trinajstić information content (AvgIpc) is 3.38. The fourth-order valence-corrected chi connectivity index (χ4v) is 9.96. The van der Waals surface area contributed by atoms with Crippen LogP contribution in [0.25, 0.3) is 6.08 Å². The summed E-state index contributed by atoms with van der Waals surface area (Å²) in [5.41, 5.74) is 4.53. The minimum absolute atomic E-state index is 0.0217. The lowest BCUT2D eigenvalue weighted by molar-refractivity contribution is 0.116. The van der Waals surface area contributed by atoms with Gasteiger partial charge in [-0.25, -0.2) is 0 Å². The SMILES string of the molecule is C=C(CO[Si](c1ccccc1)(c1ccccc1)C(C)(C)C)C1=CCOC1CC/C(C)=C/c1ccc(O)cc1. The fraction of sp³-hybridized carbons (Fsp3) is 0.294. The molecule has 3 nitrogen and oxygen atoms in total. The van der Waals surface area contributed by atoms with Crippen molar-refractivity contribution in [3.8, 4) is 5.75 Å². The summed E-state index contributed by atoms with van der Waals surface area (Å²) in [4.78, 5) is 0. The topological polar surface area (TPSA) is 38.7 Å². The smallest absolute Gasteiger partial charge is 0.261 e. The summed E-state index contributed by atoms with van der Waals surface area (Å²) in [6.07, 6.45) is 6.17. The molecule has 1 N–H and O–H groups in total. The molecule has 0 saturated heterocycles. The van der Waals surface area contributed by atoms with Crippen LogP contribution in [0.1, 0.15) is 46.1 Å². The zero-order valence-electron chi connectivity index (χ0n) is 23.1. The molecule has 1 aliphatic heterocycles. The van der Waals surface area contributed by atoms with Gasteiger partial charge in [-0.15, -0.1) is 0 Å². The highest BCUT2D eigenvalue weighted by Gasteiger charge is 2.50. The minimum atomic E-state index is -2.62. The van der Waals surface area contributed by atoms with E-state index in [0.717, 1.165) is 24.0 Å². The van der Waals surface area contributed by atoms with Crippen LogP contribution in [-0.4, -0.2) is 32.7 Å². The molecule has 0 radical (unpaired) electrons. The average molecular weight is 525 g/mol. The first-order chi connectivity index (χ1) is 18.2. The number of allylic oxidation sites excluding steroid dienone is 1. The molecule has 4 rings (SSSR count). The highest BCUT2D eigenvalue weighted by molar-refractivity contribution is 6.99. The van der Waals surface area contributed by atoms with E-state index < -0.39 is 8.32 Å². The number of hydrogen-bond acceptors (Lipinski definition) is 3. The summed E-state index contributed by atoms with van der Waals surface area (Å²) in [7, 11) is -2.62. The van der Waals surface area contributed by atoms with E-state index in [-0.39, 0.29) is 16.9 Å². The summed E-state index contributed by atoms with van der Waals surface area (Å²) in [6.45, 7) is 14.6. The largest absolute Gasteiger partial charge is 0.508 e. The van der Waals surface area contributed by atoms with E-state index in [4.69, 9.17) is 9.16 Å². The molecule has 198 valence electrons. The Morgan fingerprint density at radius 1 is 0.974 bits per heavy atom. The van der Waals surface area contributed by atoms with Crippen molar-refractivity contribution in [2.24, 2.45) is 0 Å². The molecule has 4 heteroatoms. The Morgan fingerprint density at radius 2 is 1.55 bits per heavy atom. The molecule has 3 aromatic rings. The second-order valence-corrected chi connectivity index (χ2v) is 15.5. The number of hydrogen-bond donors (Lipinski definition) is 1. The van der Waals surface area contributed by atoms with Crippen molar-refractivity contribution in [3.63, 3.8) is 0 Å². The summed E-state index contributed by atoms with van der Waals surface area (Å²) >= 11 is 0. The van der Waals surface area contributed by atoms with Crippen molar-refractivity contribution in [2.45, 2.75) is 51.7 Å². The monoisotopic (exact) mass is 524 g/mol. The van der Waals surface area contributed by atoms with E-state index in [0.29, 0.717) is 13.2 Å². The van der Waals surface area contributed by atoms with Gasteiger partial charge in [0.2, 0.25) is 0 Å².